The first-order chi connectivity index (χ1) is 6.01. The van der Waals surface area contributed by atoms with Gasteiger partial charge in [-0.2, -0.15) is 0 Å². The van der Waals surface area contributed by atoms with Crippen molar-refractivity contribution in [3.8, 4) is 0 Å². The van der Waals surface area contributed by atoms with Gasteiger partial charge in [-0.3, -0.25) is 4.79 Å². The second kappa shape index (κ2) is 5.27. The Hall–Kier alpha value is -0.670. The SMILES string of the molecule is C[N+](C)(C)Cc1ccc(C=O)cc1.[Br-]. The highest BCUT2D eigenvalue weighted by Gasteiger charge is 2.07. The van der Waals surface area contributed by atoms with Crippen molar-refractivity contribution < 1.29 is 26.3 Å². The summed E-state index contributed by atoms with van der Waals surface area (Å²) in [6.07, 6.45) is 0.871. The number of hydrogen-bond donors (Lipinski definition) is 0. The summed E-state index contributed by atoms with van der Waals surface area (Å²) in [6.45, 7) is 0.985. The quantitative estimate of drug-likeness (QED) is 0.487. The first-order valence-electron chi connectivity index (χ1n) is 4.36. The van der Waals surface area contributed by atoms with E-state index >= 15 is 0 Å². The second-order valence-corrected chi connectivity index (χ2v) is 4.31. The third-order valence-corrected chi connectivity index (χ3v) is 1.77. The van der Waals surface area contributed by atoms with Gasteiger partial charge in [0.15, 0.2) is 0 Å². The van der Waals surface area contributed by atoms with Crippen molar-refractivity contribution in [1.82, 2.24) is 0 Å². The summed E-state index contributed by atoms with van der Waals surface area (Å²) in [4.78, 5) is 10.4. The van der Waals surface area contributed by atoms with E-state index in [-0.39, 0.29) is 17.0 Å². The molecule has 78 valence electrons. The van der Waals surface area contributed by atoms with E-state index in [1.165, 1.54) is 5.56 Å². The van der Waals surface area contributed by atoms with E-state index in [9.17, 15) is 4.79 Å². The first-order valence-corrected chi connectivity index (χ1v) is 4.36. The van der Waals surface area contributed by atoms with Gasteiger partial charge in [0.05, 0.1) is 21.1 Å². The van der Waals surface area contributed by atoms with Gasteiger partial charge >= 0.3 is 0 Å². The van der Waals surface area contributed by atoms with Crippen molar-refractivity contribution in [2.45, 2.75) is 6.54 Å². The average Bonchev–Trinajstić information content (AvgIpc) is 2.03. The number of rotatable bonds is 3. The van der Waals surface area contributed by atoms with E-state index < -0.39 is 0 Å². The van der Waals surface area contributed by atoms with Crippen molar-refractivity contribution in [3.05, 3.63) is 35.4 Å². The van der Waals surface area contributed by atoms with Crippen LogP contribution < -0.4 is 17.0 Å². The lowest BCUT2D eigenvalue weighted by atomic mass is 10.1. The maximum absolute atomic E-state index is 10.4. The van der Waals surface area contributed by atoms with Crippen LogP contribution in [0.1, 0.15) is 15.9 Å². The fraction of sp³-hybridized carbons (Fsp3) is 0.364. The van der Waals surface area contributed by atoms with Crippen LogP contribution in [-0.4, -0.2) is 31.9 Å². The number of quaternary nitrogens is 1. The first kappa shape index (κ1) is 13.3. The molecule has 0 spiro atoms. The molecule has 0 fully saturated rings. The van der Waals surface area contributed by atoms with Crippen LogP contribution in [0.2, 0.25) is 0 Å². The van der Waals surface area contributed by atoms with Crippen LogP contribution in [0.4, 0.5) is 0 Å². The number of hydrogen-bond acceptors (Lipinski definition) is 1. The van der Waals surface area contributed by atoms with Gasteiger partial charge in [-0.15, -0.1) is 0 Å². The summed E-state index contributed by atoms with van der Waals surface area (Å²) in [5.41, 5.74) is 2.00. The van der Waals surface area contributed by atoms with Gasteiger partial charge in [-0.1, -0.05) is 24.3 Å². The van der Waals surface area contributed by atoms with Crippen LogP contribution in [0.15, 0.2) is 24.3 Å². The summed E-state index contributed by atoms with van der Waals surface area (Å²) < 4.78 is 0.903. The maximum atomic E-state index is 10.4. The van der Waals surface area contributed by atoms with Gasteiger partial charge in [0.1, 0.15) is 12.8 Å². The molecule has 0 radical (unpaired) electrons. The van der Waals surface area contributed by atoms with Gasteiger partial charge < -0.3 is 21.5 Å². The minimum Gasteiger partial charge on any atom is -1.00 e. The van der Waals surface area contributed by atoms with Gasteiger partial charge in [0, 0.05) is 11.1 Å². The number of aldehydes is 1. The van der Waals surface area contributed by atoms with E-state index in [0.29, 0.717) is 0 Å². The zero-order chi connectivity index (χ0) is 9.90. The molecule has 0 saturated carbocycles. The number of benzene rings is 1. The van der Waals surface area contributed by atoms with Crippen molar-refractivity contribution >= 4 is 6.29 Å². The summed E-state index contributed by atoms with van der Waals surface area (Å²) in [5.74, 6) is 0. The Balaban J connectivity index is 0.00000169. The number of halogens is 1. The standard InChI is InChI=1S/C11H16NO.BrH/c1-12(2,3)8-10-4-6-11(9-13)7-5-10;/h4-7,9H,8H2,1-3H3;1H/q+1;/p-1. The highest BCUT2D eigenvalue weighted by Crippen LogP contribution is 2.07. The van der Waals surface area contributed by atoms with Crippen LogP contribution in [0.5, 0.6) is 0 Å². The highest BCUT2D eigenvalue weighted by molar-refractivity contribution is 5.74. The van der Waals surface area contributed by atoms with Crippen molar-refractivity contribution in [1.29, 1.82) is 0 Å². The lowest BCUT2D eigenvalue weighted by Gasteiger charge is -2.23. The molecule has 0 N–H and O–H groups in total. The van der Waals surface area contributed by atoms with Crippen molar-refractivity contribution in [3.63, 3.8) is 0 Å². The molecule has 0 amide bonds. The lowest BCUT2D eigenvalue weighted by molar-refractivity contribution is -0.884. The second-order valence-electron chi connectivity index (χ2n) is 4.31. The molecule has 0 bridgehead atoms. The molecule has 0 aliphatic carbocycles. The monoisotopic (exact) mass is 257 g/mol. The van der Waals surface area contributed by atoms with E-state index in [1.807, 2.05) is 24.3 Å². The molecule has 0 aromatic heterocycles. The summed E-state index contributed by atoms with van der Waals surface area (Å²) in [7, 11) is 6.44. The molecule has 0 saturated heterocycles. The smallest absolute Gasteiger partial charge is 0.150 e. The van der Waals surface area contributed by atoms with E-state index in [0.717, 1.165) is 22.9 Å². The third-order valence-electron chi connectivity index (χ3n) is 1.77. The van der Waals surface area contributed by atoms with Crippen LogP contribution >= 0.6 is 0 Å². The molecule has 1 aromatic rings. The molecule has 0 unspecified atom stereocenters. The third kappa shape index (κ3) is 4.53. The zero-order valence-corrected chi connectivity index (χ0v) is 10.4. The largest absolute Gasteiger partial charge is 1.00 e. The maximum Gasteiger partial charge on any atom is 0.150 e. The fourth-order valence-electron chi connectivity index (χ4n) is 1.25. The molecule has 0 aliphatic rings. The predicted molar refractivity (Wildman–Crippen MR) is 53.6 cm³/mol. The molecule has 14 heavy (non-hydrogen) atoms. The Morgan fingerprint density at radius 2 is 1.64 bits per heavy atom. The van der Waals surface area contributed by atoms with Gasteiger partial charge in [0.25, 0.3) is 0 Å². The number of nitrogens with zero attached hydrogens (tertiary/aromatic N) is 1. The minimum absolute atomic E-state index is 0. The Labute approximate surface area is 95.9 Å². The van der Waals surface area contributed by atoms with E-state index in [1.54, 1.807) is 0 Å². The Morgan fingerprint density at radius 1 is 1.14 bits per heavy atom. The molecule has 3 heteroatoms. The Bertz CT molecular complexity index is 287. The van der Waals surface area contributed by atoms with Crippen molar-refractivity contribution in [2.75, 3.05) is 21.1 Å². The van der Waals surface area contributed by atoms with Crippen LogP contribution in [-0.2, 0) is 6.54 Å². The van der Waals surface area contributed by atoms with Crippen LogP contribution in [0.25, 0.3) is 0 Å². The zero-order valence-electron chi connectivity index (χ0n) is 8.83. The molecular formula is C11H16BrNO. The van der Waals surface area contributed by atoms with Gasteiger partial charge in [-0.05, 0) is 0 Å². The summed E-state index contributed by atoms with van der Waals surface area (Å²) in [6, 6.07) is 7.73. The predicted octanol–water partition coefficient (Wildman–Crippen LogP) is -1.29. The van der Waals surface area contributed by atoms with E-state index in [2.05, 4.69) is 21.1 Å². The van der Waals surface area contributed by atoms with Gasteiger partial charge in [0.2, 0.25) is 0 Å². The molecule has 0 heterocycles. The van der Waals surface area contributed by atoms with Crippen LogP contribution in [0, 0.1) is 0 Å². The topological polar surface area (TPSA) is 17.1 Å². The van der Waals surface area contributed by atoms with Crippen LogP contribution in [0.3, 0.4) is 0 Å². The molecule has 0 atom stereocenters. The Kier molecular flexibility index (Phi) is 5.02. The number of carbonyl (C=O) groups is 1. The molecule has 0 aliphatic heterocycles. The molecule has 1 rings (SSSR count). The average molecular weight is 258 g/mol. The summed E-state index contributed by atoms with van der Waals surface area (Å²) >= 11 is 0. The molecular weight excluding hydrogens is 242 g/mol. The highest BCUT2D eigenvalue weighted by atomic mass is 79.9. The summed E-state index contributed by atoms with van der Waals surface area (Å²) in [5, 5.41) is 0. The number of carbonyl (C=O) groups excluding carboxylic acids is 1. The Morgan fingerprint density at radius 3 is 2.00 bits per heavy atom. The van der Waals surface area contributed by atoms with Crippen molar-refractivity contribution in [2.24, 2.45) is 0 Å². The molecule has 1 aromatic carbocycles. The van der Waals surface area contributed by atoms with E-state index in [4.69, 9.17) is 0 Å². The lowest BCUT2D eigenvalue weighted by Crippen LogP contribution is -3.00. The molecule has 2 nitrogen and oxygen atoms in total. The fourth-order valence-corrected chi connectivity index (χ4v) is 1.25. The van der Waals surface area contributed by atoms with Gasteiger partial charge in [-0.25, -0.2) is 0 Å². The normalized spacial score (nSPS) is 10.5. The minimum atomic E-state index is 0.